The normalized spacial score (nSPS) is 38.4. The average Bonchev–Trinajstić information content (AvgIpc) is 3.56. The summed E-state index contributed by atoms with van der Waals surface area (Å²) in [4.78, 5) is 29.7. The van der Waals surface area contributed by atoms with Crippen molar-refractivity contribution < 1.29 is 62.1 Å². The minimum atomic E-state index is -1.60. The largest absolute Gasteiger partial charge is 0.488 e. The van der Waals surface area contributed by atoms with E-state index >= 15 is 0 Å². The number of likely N-dealkylation sites (N-methyl/N-ethyl adjacent to an activating group) is 1. The Morgan fingerprint density at radius 3 is 2.14 bits per heavy atom. The van der Waals surface area contributed by atoms with Crippen molar-refractivity contribution in [2.75, 3.05) is 34.4 Å². The van der Waals surface area contributed by atoms with Crippen molar-refractivity contribution in [1.82, 2.24) is 4.90 Å². The molecule has 0 aliphatic carbocycles. The number of aliphatic hydroxyl groups is 1. The van der Waals surface area contributed by atoms with Crippen LogP contribution in [0.5, 0.6) is 0 Å². The van der Waals surface area contributed by atoms with Crippen LogP contribution in [-0.2, 0) is 57.0 Å². The number of cyclic esters (lactones) is 1. The van der Waals surface area contributed by atoms with Gasteiger partial charge in [0, 0.05) is 46.0 Å². The molecule has 65 heavy (non-hydrogen) atoms. The zero-order chi connectivity index (χ0) is 48.4. The van der Waals surface area contributed by atoms with Crippen LogP contribution in [0.25, 0.3) is 0 Å². The van der Waals surface area contributed by atoms with Crippen molar-refractivity contribution in [3.05, 3.63) is 11.3 Å². The summed E-state index contributed by atoms with van der Waals surface area (Å²) in [6.07, 6.45) is 3.48. The van der Waals surface area contributed by atoms with Gasteiger partial charge in [-0.15, -0.1) is 0 Å². The van der Waals surface area contributed by atoms with Gasteiger partial charge in [0.1, 0.15) is 35.3 Å². The summed E-state index contributed by atoms with van der Waals surface area (Å²) in [6, 6.07) is -0.201. The molecule has 14 nitrogen and oxygen atoms in total. The number of nitrogens with zero attached hydrogens (tertiary/aromatic N) is 1. The van der Waals surface area contributed by atoms with Gasteiger partial charge < -0.3 is 57.4 Å². The van der Waals surface area contributed by atoms with E-state index in [1.165, 1.54) is 6.92 Å². The molecule has 3 fully saturated rings. The summed E-state index contributed by atoms with van der Waals surface area (Å²) in [5.74, 6) is -2.41. The number of hydrogen-bond acceptors (Lipinski definition) is 14. The maximum atomic E-state index is 15.0. The fourth-order valence-electron chi connectivity index (χ4n) is 11.1. The summed E-state index contributed by atoms with van der Waals surface area (Å²) in [7, 11) is 5.60. The van der Waals surface area contributed by atoms with E-state index in [0.717, 1.165) is 56.9 Å². The van der Waals surface area contributed by atoms with Crippen LogP contribution in [0.15, 0.2) is 11.3 Å². The quantitative estimate of drug-likeness (QED) is 0.0815. The molecule has 2 unspecified atom stereocenters. The molecule has 3 saturated heterocycles. The third-order valence-electron chi connectivity index (χ3n) is 14.7. The number of hydrogen-bond donors (Lipinski definition) is 1. The van der Waals surface area contributed by atoms with Crippen molar-refractivity contribution in [2.45, 2.75) is 251 Å². The fourth-order valence-corrected chi connectivity index (χ4v) is 11.1. The van der Waals surface area contributed by atoms with Gasteiger partial charge in [-0.25, -0.2) is 0 Å². The van der Waals surface area contributed by atoms with Gasteiger partial charge in [0.05, 0.1) is 47.9 Å². The van der Waals surface area contributed by atoms with E-state index in [1.54, 1.807) is 21.0 Å². The zero-order valence-corrected chi connectivity index (χ0v) is 43.3. The minimum Gasteiger partial charge on any atom is -0.488 e. The first kappa shape index (κ1) is 55.7. The Morgan fingerprint density at radius 1 is 0.908 bits per heavy atom. The fraction of sp³-hybridized carbons (Fsp3) is 0.922. The van der Waals surface area contributed by atoms with Gasteiger partial charge in [-0.05, 0) is 93.8 Å². The Kier molecular flexibility index (Phi) is 21.1. The second kappa shape index (κ2) is 24.6. The van der Waals surface area contributed by atoms with Gasteiger partial charge >= 0.3 is 11.9 Å². The number of esters is 2. The minimum absolute atomic E-state index is 0.201. The molecule has 17 atom stereocenters. The van der Waals surface area contributed by atoms with Crippen LogP contribution in [0.4, 0.5) is 0 Å². The van der Waals surface area contributed by atoms with E-state index in [0.29, 0.717) is 44.7 Å². The van der Waals surface area contributed by atoms with Crippen LogP contribution < -0.4 is 0 Å². The van der Waals surface area contributed by atoms with Crippen molar-refractivity contribution >= 4 is 11.9 Å². The van der Waals surface area contributed by atoms with E-state index in [4.69, 9.17) is 47.4 Å². The second-order valence-corrected chi connectivity index (χ2v) is 20.7. The molecule has 4 aliphatic heterocycles. The Morgan fingerprint density at radius 2 is 1.55 bits per heavy atom. The third kappa shape index (κ3) is 13.7. The van der Waals surface area contributed by atoms with Crippen LogP contribution in [0, 0.1) is 17.8 Å². The molecule has 0 aromatic rings. The molecular formula is C51H91NO13. The van der Waals surface area contributed by atoms with E-state index in [1.807, 2.05) is 74.4 Å². The summed E-state index contributed by atoms with van der Waals surface area (Å²) < 4.78 is 66.5. The molecule has 4 heterocycles. The highest BCUT2D eigenvalue weighted by Gasteiger charge is 2.57. The lowest BCUT2D eigenvalue weighted by atomic mass is 9.78. The highest BCUT2D eigenvalue weighted by Crippen LogP contribution is 2.48. The number of fused-ring (bicyclic) bond motifs is 2. The number of carbonyl (C=O) groups excluding carboxylic acids is 2. The molecule has 0 saturated carbocycles. The van der Waals surface area contributed by atoms with E-state index in [2.05, 4.69) is 13.8 Å². The van der Waals surface area contributed by atoms with Gasteiger partial charge in [-0.2, -0.15) is 0 Å². The van der Waals surface area contributed by atoms with E-state index < -0.39 is 95.7 Å². The average molecular weight is 926 g/mol. The summed E-state index contributed by atoms with van der Waals surface area (Å²) in [5, 5.41) is 12.6. The molecule has 4 rings (SSSR count). The first-order chi connectivity index (χ1) is 30.6. The molecule has 378 valence electrons. The van der Waals surface area contributed by atoms with Gasteiger partial charge in [-0.1, -0.05) is 73.1 Å². The Balaban J connectivity index is 1.81. The van der Waals surface area contributed by atoms with Gasteiger partial charge in [0.25, 0.3) is 0 Å². The molecule has 0 spiro atoms. The maximum Gasteiger partial charge on any atom is 0.311 e. The Bertz CT molecular complexity index is 1520. The summed E-state index contributed by atoms with van der Waals surface area (Å²) in [5.41, 5.74) is -2.46. The van der Waals surface area contributed by atoms with Crippen LogP contribution in [0.1, 0.15) is 167 Å². The lowest BCUT2D eigenvalue weighted by Crippen LogP contribution is -2.61. The van der Waals surface area contributed by atoms with Gasteiger partial charge in [-0.3, -0.25) is 9.59 Å². The summed E-state index contributed by atoms with van der Waals surface area (Å²) >= 11 is 0. The van der Waals surface area contributed by atoms with Crippen molar-refractivity contribution in [3.8, 4) is 0 Å². The van der Waals surface area contributed by atoms with Crippen LogP contribution in [-0.4, -0.2) is 141 Å². The first-order valence-corrected chi connectivity index (χ1v) is 25.1. The van der Waals surface area contributed by atoms with Crippen molar-refractivity contribution in [1.29, 1.82) is 0 Å². The number of unbranched alkanes of at least 4 members (excludes halogenated alkanes) is 6. The lowest BCUT2D eigenvalue weighted by Gasteiger charge is -2.49. The predicted octanol–water partition coefficient (Wildman–Crippen LogP) is 8.67. The van der Waals surface area contributed by atoms with E-state index in [-0.39, 0.29) is 18.2 Å². The Labute approximate surface area is 392 Å². The molecular weight excluding hydrogens is 835 g/mol. The highest BCUT2D eigenvalue weighted by molar-refractivity contribution is 5.73. The molecule has 0 aromatic carbocycles. The molecule has 14 heteroatoms. The monoisotopic (exact) mass is 926 g/mol. The van der Waals surface area contributed by atoms with Crippen LogP contribution >= 0.6 is 0 Å². The Hall–Kier alpha value is -1.88. The molecule has 4 aliphatic rings. The second-order valence-electron chi connectivity index (χ2n) is 20.7. The first-order valence-electron chi connectivity index (χ1n) is 25.1. The topological polar surface area (TPSA) is 150 Å². The van der Waals surface area contributed by atoms with Crippen molar-refractivity contribution in [3.63, 3.8) is 0 Å². The van der Waals surface area contributed by atoms with Crippen LogP contribution in [0.2, 0.25) is 0 Å². The third-order valence-corrected chi connectivity index (χ3v) is 14.7. The standard InChI is InChI=1S/C51H91NO13/c1-17-20-22-24-26-57-39(19-3)51(13,55)45-33(6)41-31(4)29-50(12,65-41)44(64-48-43(61-37(10)53)38(52(14)15)28-32(5)59-48)34(7)42(35(8)47(54)63-45)62-40-30-49(11,56-16)46(36(9)60-40)58-27-25-23-21-18-2/h32-36,38-40,42-46,48,55H,17-30H2,1-16H3/t32-,33-,34+,35-,36+,38+,39-,40?,42+,43-,44-,45-,46+,48?,49-,50-,51-/m1/s1. The number of methoxy groups -OCH3 is 1. The SMILES string of the molecule is CCCCCCO[C@H](CC)[C@@](C)(O)[C@@H]1OC(=O)[C@H](C)[C@@H](OC2C[C@@](C)(OC)[C@@H](OCCCCCC)[C@H](C)O2)[C@H](C)[C@@H](OC2O[C@H](C)C[C@H](N(C)C)[C@H]2OC(C)=O)[C@@]2(C)CC(C)=C(O2)[C@H]1C. The summed E-state index contributed by atoms with van der Waals surface area (Å²) in [6.45, 7) is 26.3. The molecule has 0 amide bonds. The molecule has 0 aromatic heterocycles. The van der Waals surface area contributed by atoms with E-state index in [9.17, 15) is 14.7 Å². The van der Waals surface area contributed by atoms with Crippen molar-refractivity contribution in [2.24, 2.45) is 17.8 Å². The molecule has 2 bridgehead atoms. The zero-order valence-electron chi connectivity index (χ0n) is 43.3. The van der Waals surface area contributed by atoms with Crippen LogP contribution in [0.3, 0.4) is 0 Å². The van der Waals surface area contributed by atoms with Gasteiger partial charge in [0.2, 0.25) is 0 Å². The smallest absolute Gasteiger partial charge is 0.311 e. The highest BCUT2D eigenvalue weighted by atomic mass is 16.7. The lowest BCUT2D eigenvalue weighted by molar-refractivity contribution is -0.320. The maximum absolute atomic E-state index is 15.0. The number of rotatable bonds is 22. The molecule has 1 N–H and O–H groups in total. The number of carbonyl (C=O) groups is 2. The predicted molar refractivity (Wildman–Crippen MR) is 249 cm³/mol. The number of ether oxygens (including phenoxy) is 10. The molecule has 0 radical (unpaired) electrons. The van der Waals surface area contributed by atoms with Gasteiger partial charge in [0.15, 0.2) is 18.7 Å².